The molecule has 29 heavy (non-hydrogen) atoms. The maximum absolute atomic E-state index is 13.5. The number of halogens is 3. The minimum absolute atomic E-state index is 0.108. The van der Waals surface area contributed by atoms with E-state index in [4.69, 9.17) is 16.3 Å². The predicted molar refractivity (Wildman–Crippen MR) is 105 cm³/mol. The molecule has 1 atom stereocenters. The molecule has 2 N–H and O–H groups in total. The molecule has 1 fully saturated rings. The normalized spacial score (nSPS) is 18.6. The highest BCUT2D eigenvalue weighted by molar-refractivity contribution is 7.83. The van der Waals surface area contributed by atoms with Crippen LogP contribution in [0.4, 0.5) is 14.5 Å². The fourth-order valence-corrected chi connectivity index (χ4v) is 5.45. The van der Waals surface area contributed by atoms with Crippen molar-refractivity contribution in [1.29, 1.82) is 0 Å². The molecular weight excluding hydrogens is 424 g/mol. The summed E-state index contributed by atoms with van der Waals surface area (Å²) in [5, 5.41) is 2.66. The molecule has 2 aliphatic rings. The second-order valence-electron chi connectivity index (χ2n) is 7.55. The number of carbonyl (C=O) groups is 1. The molecule has 2 aromatic rings. The first kappa shape index (κ1) is 20.5. The van der Waals surface area contributed by atoms with Crippen LogP contribution in [0.15, 0.2) is 23.1 Å². The van der Waals surface area contributed by atoms with Crippen molar-refractivity contribution in [1.82, 2.24) is 9.29 Å². The molecule has 0 aliphatic carbocycles. The van der Waals surface area contributed by atoms with Crippen LogP contribution in [-0.4, -0.2) is 33.4 Å². The zero-order valence-corrected chi connectivity index (χ0v) is 17.3. The van der Waals surface area contributed by atoms with Gasteiger partial charge in [0.25, 0.3) is 5.91 Å². The Labute approximate surface area is 174 Å². The number of hydrogen-bond donors (Lipinski definition) is 2. The summed E-state index contributed by atoms with van der Waals surface area (Å²) in [4.78, 5) is 13.3. The van der Waals surface area contributed by atoms with E-state index in [1.54, 1.807) is 4.57 Å². The van der Waals surface area contributed by atoms with E-state index in [1.807, 2.05) is 6.92 Å². The summed E-state index contributed by atoms with van der Waals surface area (Å²) < 4.78 is 49.7. The monoisotopic (exact) mass is 443 g/mol. The Hall–Kier alpha value is -1.81. The Balaban J connectivity index is 1.67. The van der Waals surface area contributed by atoms with Crippen molar-refractivity contribution < 1.29 is 22.5 Å². The lowest BCUT2D eigenvalue weighted by Crippen LogP contribution is -2.58. The van der Waals surface area contributed by atoms with Gasteiger partial charge < -0.3 is 14.6 Å². The number of ether oxygens (including phenoxy) is 1. The van der Waals surface area contributed by atoms with Crippen LogP contribution in [0.3, 0.4) is 0 Å². The third kappa shape index (κ3) is 3.84. The second-order valence-corrected chi connectivity index (χ2v) is 9.08. The van der Waals surface area contributed by atoms with E-state index in [0.29, 0.717) is 31.1 Å². The highest BCUT2D eigenvalue weighted by atomic mass is 35.5. The summed E-state index contributed by atoms with van der Waals surface area (Å²) in [5.74, 6) is -2.63. The first-order valence-corrected chi connectivity index (χ1v) is 10.8. The van der Waals surface area contributed by atoms with Crippen molar-refractivity contribution in [3.63, 3.8) is 0 Å². The molecule has 0 radical (unpaired) electrons. The number of fused-ring (bicyclic) bond motifs is 1. The van der Waals surface area contributed by atoms with Gasteiger partial charge in [0.1, 0.15) is 16.7 Å². The largest absolute Gasteiger partial charge is 0.377 e. The molecule has 1 unspecified atom stereocenters. The Bertz CT molecular complexity index is 1010. The van der Waals surface area contributed by atoms with Crippen molar-refractivity contribution >= 4 is 34.2 Å². The van der Waals surface area contributed by atoms with E-state index in [-0.39, 0.29) is 16.4 Å². The van der Waals surface area contributed by atoms with Crippen molar-refractivity contribution in [2.24, 2.45) is 0 Å². The zero-order chi connectivity index (χ0) is 20.8. The summed E-state index contributed by atoms with van der Waals surface area (Å²) in [6.45, 7) is 3.35. The molecule has 0 spiro atoms. The van der Waals surface area contributed by atoms with Gasteiger partial charge in [-0.25, -0.2) is 17.7 Å². The molecule has 1 aromatic heterocycles. The number of amides is 1. The molecule has 1 amide bonds. The molecule has 6 nitrogen and oxygen atoms in total. The summed E-state index contributed by atoms with van der Waals surface area (Å²) in [6, 6.07) is 3.10. The Kier molecular flexibility index (Phi) is 5.50. The lowest BCUT2D eigenvalue weighted by molar-refractivity contribution is -0.0517. The minimum atomic E-state index is -1.62. The molecule has 156 valence electrons. The molecule has 4 rings (SSSR count). The molecule has 10 heteroatoms. The number of aromatic nitrogens is 1. The number of hydrogen-bond acceptors (Lipinski definition) is 3. The van der Waals surface area contributed by atoms with Crippen molar-refractivity contribution in [3.05, 3.63) is 46.2 Å². The summed E-state index contributed by atoms with van der Waals surface area (Å²) in [5.41, 5.74) is 0.625. The van der Waals surface area contributed by atoms with Crippen molar-refractivity contribution in [3.8, 4) is 0 Å². The Morgan fingerprint density at radius 2 is 2.03 bits per heavy atom. The third-order valence-electron chi connectivity index (χ3n) is 5.07. The van der Waals surface area contributed by atoms with Gasteiger partial charge in [-0.2, -0.15) is 0 Å². The van der Waals surface area contributed by atoms with Crippen molar-refractivity contribution in [2.45, 2.75) is 43.2 Å². The first-order valence-electron chi connectivity index (χ1n) is 9.24. The van der Waals surface area contributed by atoms with Crippen LogP contribution in [-0.2, 0) is 28.7 Å². The molecule has 3 heterocycles. The Morgan fingerprint density at radius 3 is 2.69 bits per heavy atom. The number of benzene rings is 1. The van der Waals surface area contributed by atoms with E-state index in [0.717, 1.165) is 30.7 Å². The summed E-state index contributed by atoms with van der Waals surface area (Å²) >= 11 is 6.54. The molecular formula is C19H20ClF2N3O3S. The van der Waals surface area contributed by atoms with Gasteiger partial charge in [-0.1, -0.05) is 11.6 Å². The van der Waals surface area contributed by atoms with Gasteiger partial charge in [-0.05, 0) is 38.3 Å². The first-order chi connectivity index (χ1) is 13.8. The number of nitrogens with zero attached hydrogens (tertiary/aromatic N) is 1. The molecule has 2 aliphatic heterocycles. The van der Waals surface area contributed by atoms with Gasteiger partial charge in [0.15, 0.2) is 11.6 Å². The maximum Gasteiger partial charge on any atom is 0.273 e. The van der Waals surface area contributed by atoms with E-state index < -0.39 is 34.1 Å². The third-order valence-corrected chi connectivity index (χ3v) is 7.04. The lowest BCUT2D eigenvalue weighted by Gasteiger charge is -2.38. The predicted octanol–water partition coefficient (Wildman–Crippen LogP) is 3.41. The van der Waals surface area contributed by atoms with Gasteiger partial charge in [-0.3, -0.25) is 4.79 Å². The number of nitrogens with one attached hydrogen (secondary N) is 2. The lowest BCUT2D eigenvalue weighted by atomic mass is 10.0. The maximum atomic E-state index is 13.5. The van der Waals surface area contributed by atoms with E-state index in [2.05, 4.69) is 10.0 Å². The zero-order valence-electron chi connectivity index (χ0n) is 15.7. The fourth-order valence-electron chi connectivity index (χ4n) is 3.58. The fraction of sp³-hybridized carbons (Fsp3) is 0.421. The minimum Gasteiger partial charge on any atom is -0.377 e. The van der Waals surface area contributed by atoms with Crippen molar-refractivity contribution in [2.75, 3.05) is 18.5 Å². The van der Waals surface area contributed by atoms with Crippen LogP contribution >= 0.6 is 11.6 Å². The highest BCUT2D eigenvalue weighted by Gasteiger charge is 2.38. The molecule has 0 bridgehead atoms. The quantitative estimate of drug-likeness (QED) is 0.743. The summed E-state index contributed by atoms with van der Waals surface area (Å²) in [6.07, 6.45) is 2.40. The van der Waals surface area contributed by atoms with Gasteiger partial charge in [0.2, 0.25) is 0 Å². The topological polar surface area (TPSA) is 72.4 Å². The average Bonchev–Trinajstić information content (AvgIpc) is 2.95. The number of anilines is 1. The van der Waals surface area contributed by atoms with Gasteiger partial charge in [0, 0.05) is 24.0 Å². The van der Waals surface area contributed by atoms with Crippen LogP contribution in [0.5, 0.6) is 0 Å². The van der Waals surface area contributed by atoms with E-state index >= 15 is 0 Å². The summed E-state index contributed by atoms with van der Waals surface area (Å²) in [7, 11) is -1.62. The molecule has 1 aromatic carbocycles. The SMILES string of the molecule is CC1(NS(=O)c2c(Cl)c(C(=O)Nc3ccc(F)c(F)c3)n3c2CCCC3)COC1. The van der Waals surface area contributed by atoms with Crippen LogP contribution in [0, 0.1) is 11.6 Å². The van der Waals surface area contributed by atoms with E-state index in [1.165, 1.54) is 6.07 Å². The van der Waals surface area contributed by atoms with Crippen LogP contribution in [0.1, 0.15) is 35.9 Å². The molecule has 1 saturated heterocycles. The van der Waals surface area contributed by atoms with E-state index in [9.17, 15) is 17.8 Å². The Morgan fingerprint density at radius 1 is 1.28 bits per heavy atom. The van der Waals surface area contributed by atoms with Crippen LogP contribution < -0.4 is 10.0 Å². The van der Waals surface area contributed by atoms with Crippen LogP contribution in [0.2, 0.25) is 5.02 Å². The smallest absolute Gasteiger partial charge is 0.273 e. The van der Waals surface area contributed by atoms with Gasteiger partial charge in [0.05, 0.1) is 28.7 Å². The average molecular weight is 444 g/mol. The van der Waals surface area contributed by atoms with Crippen LogP contribution in [0.25, 0.3) is 0 Å². The second kappa shape index (κ2) is 7.79. The molecule has 0 saturated carbocycles. The number of rotatable bonds is 5. The standard InChI is InChI=1S/C19H20ClF2N3O3S/c1-19(9-28-10-19)24-29(27)17-14-4-2-3-7-25(14)16(15(17)20)18(26)23-11-5-6-12(21)13(22)8-11/h5-6,8,24H,2-4,7,9-10H2,1H3,(H,23,26). The highest BCUT2D eigenvalue weighted by Crippen LogP contribution is 2.35. The van der Waals surface area contributed by atoms with Gasteiger partial charge >= 0.3 is 0 Å². The van der Waals surface area contributed by atoms with Gasteiger partial charge in [-0.15, -0.1) is 0 Å². The number of carbonyl (C=O) groups excluding carboxylic acids is 1.